The third kappa shape index (κ3) is 2.79. The van der Waals surface area contributed by atoms with Crippen molar-refractivity contribution in [2.24, 2.45) is 0 Å². The smallest absolute Gasteiger partial charge is 0.267 e. The molecule has 0 radical (unpaired) electrons. The van der Waals surface area contributed by atoms with Gasteiger partial charge in [-0.2, -0.15) is 0 Å². The van der Waals surface area contributed by atoms with Gasteiger partial charge in [0, 0.05) is 12.6 Å². The van der Waals surface area contributed by atoms with E-state index in [1.807, 2.05) is 6.07 Å². The first-order chi connectivity index (χ1) is 14.2. The Morgan fingerprint density at radius 3 is 1.83 bits per heavy atom. The zero-order valence-electron chi connectivity index (χ0n) is 16.9. The Hall–Kier alpha value is -3.25. The molecule has 0 saturated carbocycles. The average molecular weight is 420 g/mol. The molecule has 1 spiro atoms. The van der Waals surface area contributed by atoms with Gasteiger partial charge < -0.3 is 4.90 Å². The predicted molar refractivity (Wildman–Crippen MR) is 115 cm³/mol. The Morgan fingerprint density at radius 2 is 1.30 bits per heavy atom. The highest BCUT2D eigenvalue weighted by Gasteiger charge is 2.53. The summed E-state index contributed by atoms with van der Waals surface area (Å²) in [6.45, 7) is 3.37. The van der Waals surface area contributed by atoms with Crippen molar-refractivity contribution < 1.29 is 18.0 Å². The number of likely N-dealkylation sites (N-methyl/N-ethyl adjacent to an activating group) is 1. The first kappa shape index (κ1) is 20.0. The predicted octanol–water partition coefficient (Wildman–Crippen LogP) is 3.56. The number of amides is 1. The zero-order chi connectivity index (χ0) is 21.7. The van der Waals surface area contributed by atoms with Crippen LogP contribution in [0, 0.1) is 0 Å². The second-order valence-electron chi connectivity index (χ2n) is 7.56. The minimum absolute atomic E-state index is 0.0560. The van der Waals surface area contributed by atoms with Crippen molar-refractivity contribution in [2.45, 2.75) is 24.3 Å². The number of hydrogen-bond donors (Lipinski definition) is 0. The molecule has 1 aliphatic carbocycles. The number of sulfone groups is 1. The lowest BCUT2D eigenvalue weighted by atomic mass is 9.78. The standard InChI is InChI=1S/C24H21NO4S/c1-16-14-24(15-17(2)21(16)26)20(18-10-6-4-7-11-18)22(23(27)25(24)3)30(28,29)19-12-8-5-9-13-19/h4-15H,1-3H3. The van der Waals surface area contributed by atoms with E-state index in [1.54, 1.807) is 75.5 Å². The van der Waals surface area contributed by atoms with Gasteiger partial charge in [-0.1, -0.05) is 48.5 Å². The highest BCUT2D eigenvalue weighted by molar-refractivity contribution is 7.96. The number of allylic oxidation sites excluding steroid dienone is 2. The summed E-state index contributed by atoms with van der Waals surface area (Å²) >= 11 is 0. The average Bonchev–Trinajstić information content (AvgIpc) is 2.95. The van der Waals surface area contributed by atoms with Crippen molar-refractivity contribution in [2.75, 3.05) is 7.05 Å². The Morgan fingerprint density at radius 1 is 0.800 bits per heavy atom. The molecule has 152 valence electrons. The monoisotopic (exact) mass is 419 g/mol. The van der Waals surface area contributed by atoms with Gasteiger partial charge in [-0.25, -0.2) is 8.42 Å². The second kappa shape index (κ2) is 6.92. The van der Waals surface area contributed by atoms with Crippen LogP contribution in [-0.2, 0) is 19.4 Å². The van der Waals surface area contributed by atoms with E-state index in [0.717, 1.165) is 0 Å². The molecule has 4 rings (SSSR count). The fraction of sp³-hybridized carbons (Fsp3) is 0.167. The van der Waals surface area contributed by atoms with Crippen LogP contribution in [0.25, 0.3) is 5.57 Å². The lowest BCUT2D eigenvalue weighted by molar-refractivity contribution is -0.125. The molecule has 0 aromatic heterocycles. The van der Waals surface area contributed by atoms with Gasteiger partial charge in [0.1, 0.15) is 10.4 Å². The van der Waals surface area contributed by atoms with Crippen molar-refractivity contribution >= 4 is 27.1 Å². The van der Waals surface area contributed by atoms with Gasteiger partial charge in [-0.3, -0.25) is 9.59 Å². The third-order valence-electron chi connectivity index (χ3n) is 5.66. The number of Topliss-reactive ketones (excluding diaryl/α,β-unsaturated/α-hetero) is 1. The molecule has 2 aromatic rings. The van der Waals surface area contributed by atoms with Crippen LogP contribution in [0.2, 0.25) is 0 Å². The highest BCUT2D eigenvalue weighted by Crippen LogP contribution is 2.48. The quantitative estimate of drug-likeness (QED) is 0.763. The molecule has 5 nitrogen and oxygen atoms in total. The lowest BCUT2D eigenvalue weighted by Gasteiger charge is -2.36. The van der Waals surface area contributed by atoms with Crippen LogP contribution >= 0.6 is 0 Å². The van der Waals surface area contributed by atoms with Crippen LogP contribution in [0.15, 0.2) is 93.8 Å². The van der Waals surface area contributed by atoms with Crippen LogP contribution in [0.5, 0.6) is 0 Å². The summed E-state index contributed by atoms with van der Waals surface area (Å²) in [7, 11) is -2.53. The van der Waals surface area contributed by atoms with E-state index >= 15 is 0 Å². The summed E-state index contributed by atoms with van der Waals surface area (Å²) in [5.41, 5.74) is 0.776. The first-order valence-electron chi connectivity index (χ1n) is 9.52. The Kier molecular flexibility index (Phi) is 4.62. The number of ketones is 1. The normalized spacial score (nSPS) is 18.7. The molecule has 2 aromatic carbocycles. The Balaban J connectivity index is 2.12. The molecule has 0 saturated heterocycles. The Labute approximate surface area is 175 Å². The third-order valence-corrected chi connectivity index (χ3v) is 7.46. The van der Waals surface area contributed by atoms with Crippen molar-refractivity contribution in [1.29, 1.82) is 0 Å². The minimum Gasteiger partial charge on any atom is -0.324 e. The van der Waals surface area contributed by atoms with Crippen LogP contribution in [-0.4, -0.2) is 37.6 Å². The van der Waals surface area contributed by atoms with E-state index in [4.69, 9.17) is 0 Å². The van der Waals surface area contributed by atoms with E-state index < -0.39 is 21.3 Å². The van der Waals surface area contributed by atoms with Gasteiger partial charge in [0.2, 0.25) is 9.84 Å². The molecule has 1 aliphatic heterocycles. The molecular formula is C24H21NO4S. The zero-order valence-corrected chi connectivity index (χ0v) is 17.7. The number of hydrogen-bond acceptors (Lipinski definition) is 4. The van der Waals surface area contributed by atoms with E-state index in [1.165, 1.54) is 17.0 Å². The molecule has 1 heterocycles. The first-order valence-corrected chi connectivity index (χ1v) is 11.0. The van der Waals surface area contributed by atoms with Crippen molar-refractivity contribution in [3.05, 3.63) is 94.4 Å². The van der Waals surface area contributed by atoms with Crippen LogP contribution in [0.3, 0.4) is 0 Å². The van der Waals surface area contributed by atoms with Gasteiger partial charge >= 0.3 is 0 Å². The molecule has 0 fully saturated rings. The van der Waals surface area contributed by atoms with Gasteiger partial charge in [-0.05, 0) is 54.8 Å². The van der Waals surface area contributed by atoms with Crippen molar-refractivity contribution in [3.63, 3.8) is 0 Å². The van der Waals surface area contributed by atoms with E-state index in [2.05, 4.69) is 0 Å². The van der Waals surface area contributed by atoms with Gasteiger partial charge in [0.25, 0.3) is 5.91 Å². The van der Waals surface area contributed by atoms with Crippen molar-refractivity contribution in [3.8, 4) is 0 Å². The molecule has 0 atom stereocenters. The number of nitrogens with zero attached hydrogens (tertiary/aromatic N) is 1. The summed E-state index contributed by atoms with van der Waals surface area (Å²) < 4.78 is 27.2. The van der Waals surface area contributed by atoms with Gasteiger partial charge in [0.15, 0.2) is 5.78 Å². The maximum atomic E-state index is 13.6. The summed E-state index contributed by atoms with van der Waals surface area (Å²) in [5, 5.41) is 0. The molecule has 1 amide bonds. The van der Waals surface area contributed by atoms with Crippen LogP contribution in [0.4, 0.5) is 0 Å². The number of carbonyl (C=O) groups excluding carboxylic acids is 2. The summed E-state index contributed by atoms with van der Waals surface area (Å²) in [6, 6.07) is 16.9. The van der Waals surface area contributed by atoms with E-state index in [9.17, 15) is 18.0 Å². The summed E-state index contributed by atoms with van der Waals surface area (Å²) in [6.07, 6.45) is 3.38. The highest BCUT2D eigenvalue weighted by atomic mass is 32.2. The SMILES string of the molecule is CC1=CC2(C=C(C)C1=O)C(c1ccccc1)=C(S(=O)(=O)c1ccccc1)C(=O)N2C. The molecule has 6 heteroatoms. The number of carbonyl (C=O) groups is 2. The maximum Gasteiger partial charge on any atom is 0.267 e. The topological polar surface area (TPSA) is 71.5 Å². The minimum atomic E-state index is -4.10. The Bertz CT molecular complexity index is 1230. The van der Waals surface area contributed by atoms with Crippen LogP contribution in [0.1, 0.15) is 19.4 Å². The summed E-state index contributed by atoms with van der Waals surface area (Å²) in [4.78, 5) is 27.0. The fourth-order valence-corrected chi connectivity index (χ4v) is 5.86. The molecule has 30 heavy (non-hydrogen) atoms. The molecule has 0 bridgehead atoms. The van der Waals surface area contributed by atoms with E-state index in [-0.39, 0.29) is 15.6 Å². The largest absolute Gasteiger partial charge is 0.324 e. The van der Waals surface area contributed by atoms with Gasteiger partial charge in [-0.15, -0.1) is 0 Å². The molecule has 0 unspecified atom stereocenters. The van der Waals surface area contributed by atoms with Gasteiger partial charge in [0.05, 0.1) is 4.90 Å². The maximum absolute atomic E-state index is 13.6. The van der Waals surface area contributed by atoms with Crippen molar-refractivity contribution in [1.82, 2.24) is 4.90 Å². The number of rotatable bonds is 3. The number of benzene rings is 2. The fourth-order valence-electron chi connectivity index (χ4n) is 4.19. The van der Waals surface area contributed by atoms with Crippen LogP contribution < -0.4 is 0 Å². The second-order valence-corrected chi connectivity index (χ2v) is 9.45. The molecule has 0 N–H and O–H groups in total. The lowest BCUT2D eigenvalue weighted by Crippen LogP contribution is -2.44. The molecular weight excluding hydrogens is 398 g/mol. The molecule has 2 aliphatic rings. The van der Waals surface area contributed by atoms with E-state index in [0.29, 0.717) is 22.3 Å². The summed E-state index contributed by atoms with van der Waals surface area (Å²) in [5.74, 6) is -0.714.